The van der Waals surface area contributed by atoms with Crippen LogP contribution in [-0.2, 0) is 16.0 Å². The third-order valence-electron chi connectivity index (χ3n) is 2.26. The highest BCUT2D eigenvalue weighted by Crippen LogP contribution is 2.21. The van der Waals surface area contributed by atoms with Crippen LogP contribution in [0.2, 0.25) is 0 Å². The second-order valence-corrected chi connectivity index (χ2v) is 3.69. The van der Waals surface area contributed by atoms with Crippen molar-refractivity contribution in [3.63, 3.8) is 0 Å². The maximum Gasteiger partial charge on any atom is 0.187 e. The first-order valence-corrected chi connectivity index (χ1v) is 5.59. The summed E-state index contributed by atoms with van der Waals surface area (Å²) in [6, 6.07) is 2.19. The Balaban J connectivity index is 2.23. The molecule has 0 amide bonds. The minimum absolute atomic E-state index is 0.307. The summed E-state index contributed by atoms with van der Waals surface area (Å²) in [5.74, 6) is -2.85. The normalized spacial score (nSPS) is 10.8. The summed E-state index contributed by atoms with van der Waals surface area (Å²) in [6.07, 6.45) is 0. The van der Waals surface area contributed by atoms with E-state index in [0.29, 0.717) is 38.5 Å². The van der Waals surface area contributed by atoms with Gasteiger partial charge in [-0.15, -0.1) is 0 Å². The number of aromatic hydroxyl groups is 1. The SMILES string of the molecule is COCCOCCNCc1cc(F)c(O)c(F)c1. The van der Waals surface area contributed by atoms with Gasteiger partial charge in [-0.1, -0.05) is 0 Å². The van der Waals surface area contributed by atoms with E-state index in [9.17, 15) is 8.78 Å². The third kappa shape index (κ3) is 4.95. The molecular formula is C12H17F2NO3. The van der Waals surface area contributed by atoms with Crippen LogP contribution < -0.4 is 5.32 Å². The molecule has 0 heterocycles. The largest absolute Gasteiger partial charge is 0.503 e. The third-order valence-corrected chi connectivity index (χ3v) is 2.26. The maximum absolute atomic E-state index is 13.0. The zero-order chi connectivity index (χ0) is 13.4. The van der Waals surface area contributed by atoms with Gasteiger partial charge in [0.2, 0.25) is 0 Å². The molecule has 0 unspecified atom stereocenters. The van der Waals surface area contributed by atoms with E-state index in [2.05, 4.69) is 5.32 Å². The Morgan fingerprint density at radius 2 is 1.83 bits per heavy atom. The van der Waals surface area contributed by atoms with Gasteiger partial charge in [0.1, 0.15) is 0 Å². The Morgan fingerprint density at radius 1 is 1.17 bits per heavy atom. The molecule has 102 valence electrons. The number of phenolic OH excluding ortho intramolecular Hbond substituents is 1. The van der Waals surface area contributed by atoms with Gasteiger partial charge in [-0.25, -0.2) is 8.78 Å². The lowest BCUT2D eigenvalue weighted by Gasteiger charge is -2.07. The zero-order valence-corrected chi connectivity index (χ0v) is 10.2. The van der Waals surface area contributed by atoms with Gasteiger partial charge in [0, 0.05) is 20.2 Å². The summed E-state index contributed by atoms with van der Waals surface area (Å²) >= 11 is 0. The van der Waals surface area contributed by atoms with Crippen LogP contribution in [0, 0.1) is 11.6 Å². The molecule has 2 N–H and O–H groups in total. The molecule has 0 aromatic heterocycles. The van der Waals surface area contributed by atoms with Crippen molar-refractivity contribution >= 4 is 0 Å². The fourth-order valence-corrected chi connectivity index (χ4v) is 1.34. The Morgan fingerprint density at radius 3 is 2.44 bits per heavy atom. The second-order valence-electron chi connectivity index (χ2n) is 3.69. The summed E-state index contributed by atoms with van der Waals surface area (Å²) < 4.78 is 36.0. The molecule has 0 aliphatic rings. The van der Waals surface area contributed by atoms with Crippen molar-refractivity contribution in [2.24, 2.45) is 0 Å². The first kappa shape index (κ1) is 14.8. The average Bonchev–Trinajstić information content (AvgIpc) is 2.34. The van der Waals surface area contributed by atoms with E-state index >= 15 is 0 Å². The van der Waals surface area contributed by atoms with Gasteiger partial charge in [-0.3, -0.25) is 0 Å². The fraction of sp³-hybridized carbons (Fsp3) is 0.500. The van der Waals surface area contributed by atoms with Crippen molar-refractivity contribution in [3.05, 3.63) is 29.3 Å². The first-order valence-electron chi connectivity index (χ1n) is 5.59. The van der Waals surface area contributed by atoms with Crippen LogP contribution in [0.4, 0.5) is 8.78 Å². The lowest BCUT2D eigenvalue weighted by molar-refractivity contribution is 0.0719. The molecule has 0 aliphatic heterocycles. The van der Waals surface area contributed by atoms with E-state index < -0.39 is 17.4 Å². The monoisotopic (exact) mass is 261 g/mol. The lowest BCUT2D eigenvalue weighted by atomic mass is 10.2. The van der Waals surface area contributed by atoms with Gasteiger partial charge in [0.05, 0.1) is 19.8 Å². The first-order chi connectivity index (χ1) is 8.65. The van der Waals surface area contributed by atoms with E-state index in [1.54, 1.807) is 7.11 Å². The van der Waals surface area contributed by atoms with Crippen molar-refractivity contribution in [3.8, 4) is 5.75 Å². The Kier molecular flexibility index (Phi) is 6.56. The van der Waals surface area contributed by atoms with Gasteiger partial charge in [-0.05, 0) is 17.7 Å². The topological polar surface area (TPSA) is 50.7 Å². The standard InChI is InChI=1S/C12H17F2NO3/c1-17-4-5-18-3-2-15-8-9-6-10(13)12(16)11(14)7-9/h6-7,15-16H,2-5,8H2,1H3. The van der Waals surface area contributed by atoms with Crippen molar-refractivity contribution in [1.29, 1.82) is 0 Å². The molecule has 0 atom stereocenters. The van der Waals surface area contributed by atoms with Gasteiger partial charge >= 0.3 is 0 Å². The van der Waals surface area contributed by atoms with E-state index in [1.165, 1.54) is 0 Å². The molecule has 4 nitrogen and oxygen atoms in total. The summed E-state index contributed by atoms with van der Waals surface area (Å²) in [7, 11) is 1.59. The van der Waals surface area contributed by atoms with Crippen molar-refractivity contribution in [2.75, 3.05) is 33.5 Å². The number of hydrogen-bond acceptors (Lipinski definition) is 4. The predicted octanol–water partition coefficient (Wildman–Crippen LogP) is 1.42. The molecule has 0 saturated heterocycles. The smallest absolute Gasteiger partial charge is 0.187 e. The molecule has 1 aromatic rings. The highest BCUT2D eigenvalue weighted by atomic mass is 19.1. The Bertz CT molecular complexity index is 351. The van der Waals surface area contributed by atoms with Crippen molar-refractivity contribution < 1.29 is 23.4 Å². The number of rotatable bonds is 8. The quantitative estimate of drug-likeness (QED) is 0.695. The van der Waals surface area contributed by atoms with Gasteiger partial charge in [0.15, 0.2) is 17.4 Å². The second kappa shape index (κ2) is 7.97. The van der Waals surface area contributed by atoms with Gasteiger partial charge in [0.25, 0.3) is 0 Å². The van der Waals surface area contributed by atoms with Crippen LogP contribution in [-0.4, -0.2) is 38.6 Å². The average molecular weight is 261 g/mol. The minimum atomic E-state index is -0.955. The molecule has 18 heavy (non-hydrogen) atoms. The van der Waals surface area contributed by atoms with E-state index in [1.807, 2.05) is 0 Å². The molecule has 0 spiro atoms. The number of benzene rings is 1. The van der Waals surface area contributed by atoms with E-state index in [0.717, 1.165) is 12.1 Å². The number of phenols is 1. The summed E-state index contributed by atoms with van der Waals surface area (Å²) in [5, 5.41) is 11.9. The van der Waals surface area contributed by atoms with Crippen LogP contribution >= 0.6 is 0 Å². The van der Waals surface area contributed by atoms with E-state index in [-0.39, 0.29) is 0 Å². The Labute approximate surface area is 105 Å². The molecule has 0 saturated carbocycles. The molecule has 6 heteroatoms. The number of halogens is 2. The van der Waals surface area contributed by atoms with E-state index in [4.69, 9.17) is 14.6 Å². The highest BCUT2D eigenvalue weighted by Gasteiger charge is 2.08. The molecule has 0 fully saturated rings. The van der Waals surface area contributed by atoms with Crippen molar-refractivity contribution in [1.82, 2.24) is 5.32 Å². The summed E-state index contributed by atoms with van der Waals surface area (Å²) in [6.45, 7) is 2.41. The van der Waals surface area contributed by atoms with Crippen molar-refractivity contribution in [2.45, 2.75) is 6.54 Å². The van der Waals surface area contributed by atoms with Crippen LogP contribution in [0.5, 0.6) is 5.75 Å². The minimum Gasteiger partial charge on any atom is -0.503 e. The zero-order valence-electron chi connectivity index (χ0n) is 10.2. The van der Waals surface area contributed by atoms with Crippen LogP contribution in [0.3, 0.4) is 0 Å². The van der Waals surface area contributed by atoms with Crippen LogP contribution in [0.15, 0.2) is 12.1 Å². The molecule has 0 bridgehead atoms. The summed E-state index contributed by atoms with van der Waals surface area (Å²) in [5.41, 5.74) is 0.430. The molecule has 1 aromatic carbocycles. The number of methoxy groups -OCH3 is 1. The Hall–Kier alpha value is -1.24. The highest BCUT2D eigenvalue weighted by molar-refractivity contribution is 5.29. The predicted molar refractivity (Wildman–Crippen MR) is 62.4 cm³/mol. The fourth-order valence-electron chi connectivity index (χ4n) is 1.34. The molecule has 1 rings (SSSR count). The maximum atomic E-state index is 13.0. The van der Waals surface area contributed by atoms with Gasteiger partial charge < -0.3 is 19.9 Å². The van der Waals surface area contributed by atoms with Gasteiger partial charge in [-0.2, -0.15) is 0 Å². The molecule has 0 radical (unpaired) electrons. The van der Waals surface area contributed by atoms with Crippen LogP contribution in [0.25, 0.3) is 0 Å². The molecule has 0 aliphatic carbocycles. The number of hydrogen-bond donors (Lipinski definition) is 2. The number of ether oxygens (including phenoxy) is 2. The molecular weight excluding hydrogens is 244 g/mol. The van der Waals surface area contributed by atoms with Crippen LogP contribution in [0.1, 0.15) is 5.56 Å². The summed E-state index contributed by atoms with van der Waals surface area (Å²) in [4.78, 5) is 0. The number of nitrogens with one attached hydrogen (secondary N) is 1. The lowest BCUT2D eigenvalue weighted by Crippen LogP contribution is -2.20.